The molecule has 0 unspecified atom stereocenters. The average Bonchev–Trinajstić information content (AvgIpc) is 3.34. The molecule has 2 N–H and O–H groups in total. The van der Waals surface area contributed by atoms with Gasteiger partial charge in [-0.1, -0.05) is 36.0 Å². The van der Waals surface area contributed by atoms with Crippen molar-refractivity contribution >= 4 is 28.7 Å². The van der Waals surface area contributed by atoms with Crippen LogP contribution in [0.1, 0.15) is 21.7 Å². The number of amides is 1. The highest BCUT2D eigenvalue weighted by molar-refractivity contribution is 7.98. The first kappa shape index (κ1) is 16.5. The van der Waals surface area contributed by atoms with E-state index in [1.807, 2.05) is 54.6 Å². The van der Waals surface area contributed by atoms with Crippen LogP contribution >= 0.6 is 11.8 Å². The second-order valence-electron chi connectivity index (χ2n) is 5.81. The fourth-order valence-corrected chi connectivity index (χ4v) is 3.43. The summed E-state index contributed by atoms with van der Waals surface area (Å²) in [7, 11) is 0. The minimum atomic E-state index is -0.113. The largest absolute Gasteiger partial charge is 0.467 e. The smallest absolute Gasteiger partial charge is 0.251 e. The number of thioether (sulfide) groups is 1. The SMILES string of the molecule is O=C(NCc1ccco1)c1ccc(CSc2nc3ccccc3[nH]2)cc1. The Kier molecular flexibility index (Phi) is 4.75. The van der Waals surface area contributed by atoms with Gasteiger partial charge in [-0.3, -0.25) is 4.79 Å². The van der Waals surface area contributed by atoms with Gasteiger partial charge in [0.25, 0.3) is 5.91 Å². The average molecular weight is 363 g/mol. The lowest BCUT2D eigenvalue weighted by Gasteiger charge is -2.05. The van der Waals surface area contributed by atoms with E-state index in [1.165, 1.54) is 0 Å². The van der Waals surface area contributed by atoms with Crippen molar-refractivity contribution < 1.29 is 9.21 Å². The first-order valence-corrected chi connectivity index (χ1v) is 9.23. The van der Waals surface area contributed by atoms with Crippen LogP contribution < -0.4 is 5.32 Å². The zero-order valence-corrected chi connectivity index (χ0v) is 14.8. The second kappa shape index (κ2) is 7.49. The van der Waals surface area contributed by atoms with E-state index in [0.717, 1.165) is 33.3 Å². The van der Waals surface area contributed by atoms with Crippen LogP contribution in [0.2, 0.25) is 0 Å². The van der Waals surface area contributed by atoms with E-state index in [9.17, 15) is 4.79 Å². The summed E-state index contributed by atoms with van der Waals surface area (Å²) < 4.78 is 5.21. The van der Waals surface area contributed by atoms with Gasteiger partial charge in [0.1, 0.15) is 5.76 Å². The third-order valence-corrected chi connectivity index (χ3v) is 4.91. The first-order chi connectivity index (χ1) is 12.8. The van der Waals surface area contributed by atoms with Crippen molar-refractivity contribution in [3.63, 3.8) is 0 Å². The number of hydrogen-bond donors (Lipinski definition) is 2. The summed E-state index contributed by atoms with van der Waals surface area (Å²) in [5.74, 6) is 1.41. The van der Waals surface area contributed by atoms with Crippen LogP contribution in [0.5, 0.6) is 0 Å². The maximum absolute atomic E-state index is 12.2. The zero-order chi connectivity index (χ0) is 17.8. The molecule has 0 aliphatic heterocycles. The number of benzene rings is 2. The minimum Gasteiger partial charge on any atom is -0.467 e. The van der Waals surface area contributed by atoms with Gasteiger partial charge in [0.15, 0.2) is 5.16 Å². The third kappa shape index (κ3) is 3.81. The van der Waals surface area contributed by atoms with Crippen LogP contribution in [-0.4, -0.2) is 15.9 Å². The van der Waals surface area contributed by atoms with Crippen LogP contribution in [-0.2, 0) is 12.3 Å². The third-order valence-electron chi connectivity index (χ3n) is 3.96. The Labute approximate surface area is 154 Å². The lowest BCUT2D eigenvalue weighted by Crippen LogP contribution is -2.22. The predicted octanol–water partition coefficient (Wildman–Crippen LogP) is 4.38. The molecule has 130 valence electrons. The van der Waals surface area contributed by atoms with Crippen LogP contribution in [0.25, 0.3) is 11.0 Å². The number of H-pyrrole nitrogens is 1. The van der Waals surface area contributed by atoms with E-state index in [2.05, 4.69) is 15.3 Å². The van der Waals surface area contributed by atoms with Gasteiger partial charge in [-0.05, 0) is 42.0 Å². The number of nitrogens with one attached hydrogen (secondary N) is 2. The highest BCUT2D eigenvalue weighted by Gasteiger charge is 2.07. The Bertz CT molecular complexity index is 974. The number of imidazole rings is 1. The molecule has 0 saturated heterocycles. The Balaban J connectivity index is 1.34. The lowest BCUT2D eigenvalue weighted by molar-refractivity contribution is 0.0948. The number of nitrogens with zero attached hydrogens (tertiary/aromatic N) is 1. The van der Waals surface area contributed by atoms with Crippen molar-refractivity contribution in [2.24, 2.45) is 0 Å². The lowest BCUT2D eigenvalue weighted by atomic mass is 10.1. The second-order valence-corrected chi connectivity index (χ2v) is 6.77. The molecule has 1 amide bonds. The van der Waals surface area contributed by atoms with Gasteiger partial charge in [-0.25, -0.2) is 4.98 Å². The van der Waals surface area contributed by atoms with Gasteiger partial charge in [-0.2, -0.15) is 0 Å². The minimum absolute atomic E-state index is 0.113. The van der Waals surface area contributed by atoms with Gasteiger partial charge in [-0.15, -0.1) is 0 Å². The molecular weight excluding hydrogens is 346 g/mol. The molecule has 2 aromatic carbocycles. The number of aromatic amines is 1. The van der Waals surface area contributed by atoms with E-state index in [4.69, 9.17) is 4.42 Å². The summed E-state index contributed by atoms with van der Waals surface area (Å²) >= 11 is 1.64. The van der Waals surface area contributed by atoms with Gasteiger partial charge < -0.3 is 14.7 Å². The summed E-state index contributed by atoms with van der Waals surface area (Å²) in [5, 5.41) is 3.74. The van der Waals surface area contributed by atoms with Crippen molar-refractivity contribution in [3.8, 4) is 0 Å². The highest BCUT2D eigenvalue weighted by Crippen LogP contribution is 2.23. The van der Waals surface area contributed by atoms with Crippen molar-refractivity contribution in [2.75, 3.05) is 0 Å². The number of carbonyl (C=O) groups is 1. The summed E-state index contributed by atoms with van der Waals surface area (Å²) in [6.45, 7) is 0.384. The molecule has 0 bridgehead atoms. The number of carbonyl (C=O) groups excluding carboxylic acids is 1. The normalized spacial score (nSPS) is 10.9. The maximum Gasteiger partial charge on any atom is 0.251 e. The molecule has 26 heavy (non-hydrogen) atoms. The Morgan fingerprint density at radius 2 is 1.92 bits per heavy atom. The van der Waals surface area contributed by atoms with E-state index in [-0.39, 0.29) is 5.91 Å². The molecule has 0 atom stereocenters. The standard InChI is InChI=1S/C20H17N3O2S/c24-19(21-12-16-4-3-11-25-16)15-9-7-14(8-10-15)13-26-20-22-17-5-1-2-6-18(17)23-20/h1-11H,12-13H2,(H,21,24)(H,22,23). The quantitative estimate of drug-likeness (QED) is 0.499. The molecule has 0 saturated carbocycles. The predicted molar refractivity (Wildman–Crippen MR) is 102 cm³/mol. The molecule has 4 rings (SSSR count). The molecule has 2 aromatic heterocycles. The Morgan fingerprint density at radius 1 is 1.08 bits per heavy atom. The van der Waals surface area contributed by atoms with Crippen molar-refractivity contribution in [3.05, 3.63) is 83.8 Å². The fourth-order valence-electron chi connectivity index (χ4n) is 2.58. The van der Waals surface area contributed by atoms with Crippen molar-refractivity contribution in [1.29, 1.82) is 0 Å². The van der Waals surface area contributed by atoms with E-state index in [1.54, 1.807) is 24.1 Å². The number of rotatable bonds is 6. The van der Waals surface area contributed by atoms with E-state index in [0.29, 0.717) is 12.1 Å². The summed E-state index contributed by atoms with van der Waals surface area (Å²) in [6, 6.07) is 19.2. The summed E-state index contributed by atoms with van der Waals surface area (Å²) in [5.41, 5.74) is 3.78. The number of fused-ring (bicyclic) bond motifs is 1. The summed E-state index contributed by atoms with van der Waals surface area (Å²) in [6.07, 6.45) is 1.59. The van der Waals surface area contributed by atoms with E-state index < -0.39 is 0 Å². The molecule has 0 fully saturated rings. The number of para-hydroxylation sites is 2. The molecule has 0 radical (unpaired) electrons. The molecule has 4 aromatic rings. The molecule has 0 aliphatic carbocycles. The van der Waals surface area contributed by atoms with Gasteiger partial charge in [0.2, 0.25) is 0 Å². The van der Waals surface area contributed by atoms with Gasteiger partial charge in [0, 0.05) is 11.3 Å². The van der Waals surface area contributed by atoms with Crippen molar-refractivity contribution in [2.45, 2.75) is 17.5 Å². The Hall–Kier alpha value is -2.99. The van der Waals surface area contributed by atoms with E-state index >= 15 is 0 Å². The highest BCUT2D eigenvalue weighted by atomic mass is 32.2. The molecule has 2 heterocycles. The van der Waals surface area contributed by atoms with Crippen molar-refractivity contribution in [1.82, 2.24) is 15.3 Å². The zero-order valence-electron chi connectivity index (χ0n) is 13.9. The van der Waals surface area contributed by atoms with Gasteiger partial charge >= 0.3 is 0 Å². The van der Waals surface area contributed by atoms with Gasteiger partial charge in [0.05, 0.1) is 23.8 Å². The molecule has 0 spiro atoms. The first-order valence-electron chi connectivity index (χ1n) is 8.25. The molecule has 0 aliphatic rings. The maximum atomic E-state index is 12.2. The van der Waals surface area contributed by atoms with Crippen LogP contribution in [0.15, 0.2) is 76.5 Å². The van der Waals surface area contributed by atoms with Crippen LogP contribution in [0.4, 0.5) is 0 Å². The van der Waals surface area contributed by atoms with Crippen LogP contribution in [0, 0.1) is 0 Å². The molecule has 5 nitrogen and oxygen atoms in total. The number of hydrogen-bond acceptors (Lipinski definition) is 4. The number of furan rings is 1. The fraction of sp³-hybridized carbons (Fsp3) is 0.100. The Morgan fingerprint density at radius 3 is 2.69 bits per heavy atom. The van der Waals surface area contributed by atoms with Crippen LogP contribution in [0.3, 0.4) is 0 Å². The summed E-state index contributed by atoms with van der Waals surface area (Å²) in [4.78, 5) is 20.0. The molecular formula is C20H17N3O2S. The molecule has 6 heteroatoms. The topological polar surface area (TPSA) is 70.9 Å². The monoisotopic (exact) mass is 363 g/mol. The number of aromatic nitrogens is 2.